The normalized spacial score (nSPS) is 23.7. The summed E-state index contributed by atoms with van der Waals surface area (Å²) in [5.74, 6) is -0.423. The Labute approximate surface area is 100 Å². The average molecular weight is 258 g/mol. The van der Waals surface area contributed by atoms with E-state index in [0.717, 1.165) is 12.5 Å². The fourth-order valence-electron chi connectivity index (χ4n) is 1.63. The van der Waals surface area contributed by atoms with Gasteiger partial charge in [-0.2, -0.15) is 0 Å². The molecule has 0 aromatic heterocycles. The van der Waals surface area contributed by atoms with Crippen molar-refractivity contribution in [3.63, 3.8) is 0 Å². The van der Waals surface area contributed by atoms with E-state index >= 15 is 0 Å². The van der Waals surface area contributed by atoms with Crippen molar-refractivity contribution < 1.29 is 12.8 Å². The Morgan fingerprint density at radius 3 is 2.71 bits per heavy atom. The molecule has 2 atom stereocenters. The van der Waals surface area contributed by atoms with Gasteiger partial charge in [-0.15, -0.1) is 0 Å². The third-order valence-corrected chi connectivity index (χ3v) is 4.44. The van der Waals surface area contributed by atoms with E-state index in [1.807, 2.05) is 6.92 Å². The molecule has 1 fully saturated rings. The molecule has 0 radical (unpaired) electrons. The van der Waals surface area contributed by atoms with Crippen molar-refractivity contribution in [1.82, 2.24) is 4.72 Å². The number of nitrogens with one attached hydrogen (secondary N) is 1. The van der Waals surface area contributed by atoms with E-state index in [0.29, 0.717) is 11.5 Å². The van der Waals surface area contributed by atoms with E-state index in [-0.39, 0.29) is 17.5 Å². The van der Waals surface area contributed by atoms with Crippen LogP contribution in [-0.2, 0) is 16.6 Å². The molecule has 4 nitrogen and oxygen atoms in total. The highest BCUT2D eigenvalue weighted by molar-refractivity contribution is 7.89. The van der Waals surface area contributed by atoms with Crippen LogP contribution in [0.2, 0.25) is 0 Å². The SMILES string of the molecule is CC1CC1NS(=O)(=O)c1cc(CN)ccc1F. The molecule has 0 aliphatic heterocycles. The lowest BCUT2D eigenvalue weighted by atomic mass is 10.2. The first-order valence-electron chi connectivity index (χ1n) is 5.45. The van der Waals surface area contributed by atoms with Crippen molar-refractivity contribution in [2.75, 3.05) is 0 Å². The predicted octanol–water partition coefficient (Wildman–Crippen LogP) is 0.971. The Morgan fingerprint density at radius 2 is 2.18 bits per heavy atom. The highest BCUT2D eigenvalue weighted by atomic mass is 32.2. The van der Waals surface area contributed by atoms with Crippen LogP contribution in [0, 0.1) is 11.7 Å². The van der Waals surface area contributed by atoms with Crippen LogP contribution in [0.5, 0.6) is 0 Å². The zero-order valence-electron chi connectivity index (χ0n) is 9.48. The van der Waals surface area contributed by atoms with Gasteiger partial charge < -0.3 is 5.73 Å². The van der Waals surface area contributed by atoms with Gasteiger partial charge in [0.1, 0.15) is 10.7 Å². The van der Waals surface area contributed by atoms with Crippen LogP contribution >= 0.6 is 0 Å². The lowest BCUT2D eigenvalue weighted by molar-refractivity contribution is 0.554. The summed E-state index contributed by atoms with van der Waals surface area (Å²) in [7, 11) is -3.77. The van der Waals surface area contributed by atoms with Crippen molar-refractivity contribution in [2.45, 2.75) is 30.8 Å². The van der Waals surface area contributed by atoms with Gasteiger partial charge in [-0.1, -0.05) is 13.0 Å². The first-order chi connectivity index (χ1) is 7.94. The molecule has 3 N–H and O–H groups in total. The lowest BCUT2D eigenvalue weighted by Crippen LogP contribution is -2.27. The quantitative estimate of drug-likeness (QED) is 0.845. The molecular weight excluding hydrogens is 243 g/mol. The maximum atomic E-state index is 13.5. The predicted molar refractivity (Wildman–Crippen MR) is 62.2 cm³/mol. The number of sulfonamides is 1. The van der Waals surface area contributed by atoms with Crippen LogP contribution in [0.4, 0.5) is 4.39 Å². The first-order valence-corrected chi connectivity index (χ1v) is 6.93. The first kappa shape index (κ1) is 12.5. The number of hydrogen-bond donors (Lipinski definition) is 2. The van der Waals surface area contributed by atoms with Crippen LogP contribution in [0.1, 0.15) is 18.9 Å². The molecule has 1 saturated carbocycles. The minimum Gasteiger partial charge on any atom is -0.326 e. The smallest absolute Gasteiger partial charge is 0.243 e. The summed E-state index contributed by atoms with van der Waals surface area (Å²) >= 11 is 0. The van der Waals surface area contributed by atoms with Gasteiger partial charge in [-0.3, -0.25) is 0 Å². The maximum absolute atomic E-state index is 13.5. The summed E-state index contributed by atoms with van der Waals surface area (Å²) in [6.07, 6.45) is 0.803. The van der Waals surface area contributed by atoms with Crippen molar-refractivity contribution in [1.29, 1.82) is 0 Å². The van der Waals surface area contributed by atoms with E-state index in [4.69, 9.17) is 5.73 Å². The number of nitrogens with two attached hydrogens (primary N) is 1. The van der Waals surface area contributed by atoms with E-state index in [2.05, 4.69) is 4.72 Å². The summed E-state index contributed by atoms with van der Waals surface area (Å²) in [6.45, 7) is 2.13. The highest BCUT2D eigenvalue weighted by Crippen LogP contribution is 2.31. The van der Waals surface area contributed by atoms with Crippen molar-refractivity contribution in [2.24, 2.45) is 11.7 Å². The molecule has 0 saturated heterocycles. The standard InChI is InChI=1S/C11H15FN2O2S/c1-7-4-10(7)14-17(15,16)11-5-8(6-13)2-3-9(11)12/h2-3,5,7,10,14H,4,6,13H2,1H3. The van der Waals surface area contributed by atoms with E-state index in [1.54, 1.807) is 0 Å². The van der Waals surface area contributed by atoms with Gasteiger partial charge in [0.2, 0.25) is 10.0 Å². The largest absolute Gasteiger partial charge is 0.326 e. The summed E-state index contributed by atoms with van der Waals surface area (Å²) in [6, 6.07) is 3.83. The summed E-state index contributed by atoms with van der Waals surface area (Å²) in [5.41, 5.74) is 6.00. The third kappa shape index (κ3) is 2.65. The monoisotopic (exact) mass is 258 g/mol. The molecule has 1 aliphatic carbocycles. The summed E-state index contributed by atoms with van der Waals surface area (Å²) in [4.78, 5) is -0.320. The fourth-order valence-corrected chi connectivity index (χ4v) is 3.12. The van der Waals surface area contributed by atoms with Crippen LogP contribution in [-0.4, -0.2) is 14.5 Å². The van der Waals surface area contributed by atoms with Crippen LogP contribution in [0.3, 0.4) is 0 Å². The molecular formula is C11H15FN2O2S. The molecule has 6 heteroatoms. The second kappa shape index (κ2) is 4.36. The Morgan fingerprint density at radius 1 is 1.53 bits per heavy atom. The van der Waals surface area contributed by atoms with E-state index < -0.39 is 15.8 Å². The van der Waals surface area contributed by atoms with Gasteiger partial charge in [0.15, 0.2) is 0 Å². The maximum Gasteiger partial charge on any atom is 0.243 e. The van der Waals surface area contributed by atoms with E-state index in [9.17, 15) is 12.8 Å². The molecule has 0 bridgehead atoms. The molecule has 94 valence electrons. The Balaban J connectivity index is 2.31. The molecule has 2 unspecified atom stereocenters. The molecule has 0 amide bonds. The second-order valence-electron chi connectivity index (χ2n) is 4.41. The van der Waals surface area contributed by atoms with Crippen molar-refractivity contribution >= 4 is 10.0 Å². The van der Waals surface area contributed by atoms with Crippen LogP contribution in [0.25, 0.3) is 0 Å². The van der Waals surface area contributed by atoms with Gasteiger partial charge in [-0.05, 0) is 30.0 Å². The number of benzene rings is 1. The molecule has 1 aliphatic rings. The van der Waals surface area contributed by atoms with Crippen LogP contribution < -0.4 is 10.5 Å². The van der Waals surface area contributed by atoms with Gasteiger partial charge in [0.25, 0.3) is 0 Å². The molecule has 2 rings (SSSR count). The molecule has 1 aromatic rings. The molecule has 0 heterocycles. The average Bonchev–Trinajstić information content (AvgIpc) is 2.93. The fraction of sp³-hybridized carbons (Fsp3) is 0.455. The van der Waals surface area contributed by atoms with E-state index in [1.165, 1.54) is 12.1 Å². The van der Waals surface area contributed by atoms with Gasteiger partial charge >= 0.3 is 0 Å². The third-order valence-electron chi connectivity index (χ3n) is 2.94. The second-order valence-corrected chi connectivity index (χ2v) is 6.09. The topological polar surface area (TPSA) is 72.2 Å². The van der Waals surface area contributed by atoms with Crippen molar-refractivity contribution in [3.05, 3.63) is 29.6 Å². The minimum absolute atomic E-state index is 0.0686. The Hall–Kier alpha value is -0.980. The van der Waals surface area contributed by atoms with Crippen LogP contribution in [0.15, 0.2) is 23.1 Å². The Kier molecular flexibility index (Phi) is 3.20. The lowest BCUT2D eigenvalue weighted by Gasteiger charge is -2.08. The van der Waals surface area contributed by atoms with Gasteiger partial charge in [-0.25, -0.2) is 17.5 Å². The number of halogens is 1. The number of rotatable bonds is 4. The van der Waals surface area contributed by atoms with Crippen molar-refractivity contribution in [3.8, 4) is 0 Å². The molecule has 17 heavy (non-hydrogen) atoms. The minimum atomic E-state index is -3.77. The molecule has 1 aromatic carbocycles. The zero-order chi connectivity index (χ0) is 12.6. The zero-order valence-corrected chi connectivity index (χ0v) is 10.3. The summed E-state index contributed by atoms with van der Waals surface area (Å²) < 4.78 is 39.8. The Bertz CT molecular complexity index is 530. The summed E-state index contributed by atoms with van der Waals surface area (Å²) in [5, 5.41) is 0. The van der Waals surface area contributed by atoms with Gasteiger partial charge in [0, 0.05) is 12.6 Å². The molecule has 0 spiro atoms. The highest BCUT2D eigenvalue weighted by Gasteiger charge is 2.37. The van der Waals surface area contributed by atoms with Gasteiger partial charge in [0.05, 0.1) is 0 Å². The number of hydrogen-bond acceptors (Lipinski definition) is 3.